The molecule has 2 atom stereocenters. The predicted molar refractivity (Wildman–Crippen MR) is 41.6 cm³/mol. The summed E-state index contributed by atoms with van der Waals surface area (Å²) in [6.07, 6.45) is 5.14. The molecule has 10 heavy (non-hydrogen) atoms. The van der Waals surface area contributed by atoms with Crippen LogP contribution >= 0.6 is 0 Å². The Labute approximate surface area is 62.4 Å². The van der Waals surface area contributed by atoms with Crippen molar-refractivity contribution in [2.45, 2.75) is 37.8 Å². The van der Waals surface area contributed by atoms with E-state index in [9.17, 15) is 0 Å². The van der Waals surface area contributed by atoms with Crippen molar-refractivity contribution >= 4 is 0 Å². The third kappa shape index (κ3) is 0.839. The number of hydrogen-bond donors (Lipinski definition) is 0. The molecule has 2 aliphatic rings. The van der Waals surface area contributed by atoms with E-state index in [-0.39, 0.29) is 0 Å². The molecular formula is C9H13N. The first-order valence-corrected chi connectivity index (χ1v) is 4.08. The zero-order chi connectivity index (χ0) is 6.97. The highest BCUT2D eigenvalue weighted by atomic mass is 15.2. The molecule has 0 amide bonds. The van der Waals surface area contributed by atoms with E-state index in [2.05, 4.69) is 23.8 Å². The summed E-state index contributed by atoms with van der Waals surface area (Å²) >= 11 is 0. The third-order valence-electron chi connectivity index (χ3n) is 2.69. The average molecular weight is 135 g/mol. The molecule has 2 aliphatic heterocycles. The molecule has 2 bridgehead atoms. The lowest BCUT2D eigenvalue weighted by molar-refractivity contribution is 0.144. The Bertz CT molecular complexity index is 187. The largest absolute Gasteiger partial charge is 0.289 e. The van der Waals surface area contributed by atoms with Gasteiger partial charge in [-0.05, 0) is 26.3 Å². The highest BCUT2D eigenvalue weighted by Gasteiger charge is 2.27. The molecule has 0 N–H and O–H groups in total. The summed E-state index contributed by atoms with van der Waals surface area (Å²) in [5.74, 6) is 6.50. The molecule has 1 fully saturated rings. The summed E-state index contributed by atoms with van der Waals surface area (Å²) in [6.45, 7) is 0. The van der Waals surface area contributed by atoms with Gasteiger partial charge in [-0.1, -0.05) is 11.8 Å². The number of hydrogen-bond acceptors (Lipinski definition) is 1. The average Bonchev–Trinajstić information content (AvgIpc) is 1.86. The standard InChI is InChI=1S/C9H13N/c1-10-8-4-2-5-9(10)7-3-6-8/h8-9H,2,4-6H2,1H3. The first-order chi connectivity index (χ1) is 4.88. The lowest BCUT2D eigenvalue weighted by atomic mass is 9.91. The number of fused-ring (bicyclic) bond motifs is 2. The molecule has 0 aromatic rings. The first kappa shape index (κ1) is 6.24. The van der Waals surface area contributed by atoms with Gasteiger partial charge in [0.15, 0.2) is 0 Å². The van der Waals surface area contributed by atoms with Gasteiger partial charge in [0.1, 0.15) is 0 Å². The van der Waals surface area contributed by atoms with Crippen LogP contribution in [0.3, 0.4) is 0 Å². The molecular weight excluding hydrogens is 122 g/mol. The second-order valence-corrected chi connectivity index (χ2v) is 3.29. The van der Waals surface area contributed by atoms with Gasteiger partial charge in [0.2, 0.25) is 0 Å². The number of piperidine rings is 1. The number of nitrogens with zero attached hydrogens (tertiary/aromatic N) is 1. The smallest absolute Gasteiger partial charge is 0.0714 e. The van der Waals surface area contributed by atoms with Crippen LogP contribution in [0.5, 0.6) is 0 Å². The molecule has 2 heterocycles. The topological polar surface area (TPSA) is 3.24 Å². The van der Waals surface area contributed by atoms with Crippen LogP contribution in [0.25, 0.3) is 0 Å². The molecule has 0 radical (unpaired) electrons. The molecule has 1 heteroatoms. The van der Waals surface area contributed by atoms with Gasteiger partial charge in [-0.3, -0.25) is 4.90 Å². The van der Waals surface area contributed by atoms with Gasteiger partial charge in [0, 0.05) is 12.5 Å². The Morgan fingerprint density at radius 1 is 1.40 bits per heavy atom. The van der Waals surface area contributed by atoms with Crippen molar-refractivity contribution in [3.8, 4) is 11.8 Å². The second kappa shape index (κ2) is 2.29. The summed E-state index contributed by atoms with van der Waals surface area (Å²) < 4.78 is 0. The zero-order valence-corrected chi connectivity index (χ0v) is 6.43. The maximum Gasteiger partial charge on any atom is 0.0714 e. The van der Waals surface area contributed by atoms with Crippen LogP contribution in [0.15, 0.2) is 0 Å². The molecule has 0 aromatic heterocycles. The van der Waals surface area contributed by atoms with Crippen LogP contribution in [0, 0.1) is 11.8 Å². The molecule has 0 aliphatic carbocycles. The lowest BCUT2D eigenvalue weighted by Crippen LogP contribution is -2.44. The van der Waals surface area contributed by atoms with Crippen LogP contribution in [-0.4, -0.2) is 24.0 Å². The molecule has 2 unspecified atom stereocenters. The van der Waals surface area contributed by atoms with Crippen molar-refractivity contribution in [3.63, 3.8) is 0 Å². The maximum atomic E-state index is 3.28. The normalized spacial score (nSPS) is 38.5. The van der Waals surface area contributed by atoms with Crippen molar-refractivity contribution in [1.82, 2.24) is 4.90 Å². The van der Waals surface area contributed by atoms with Crippen LogP contribution < -0.4 is 0 Å². The van der Waals surface area contributed by atoms with Gasteiger partial charge in [0.05, 0.1) is 6.04 Å². The summed E-state index contributed by atoms with van der Waals surface area (Å²) in [4.78, 5) is 2.44. The molecule has 1 saturated heterocycles. The number of rotatable bonds is 0. The minimum Gasteiger partial charge on any atom is -0.289 e. The van der Waals surface area contributed by atoms with E-state index in [0.29, 0.717) is 6.04 Å². The fourth-order valence-electron chi connectivity index (χ4n) is 1.92. The Morgan fingerprint density at radius 3 is 3.00 bits per heavy atom. The van der Waals surface area contributed by atoms with Crippen LogP contribution in [-0.2, 0) is 0 Å². The van der Waals surface area contributed by atoms with Crippen molar-refractivity contribution in [2.75, 3.05) is 7.05 Å². The first-order valence-electron chi connectivity index (χ1n) is 4.08. The summed E-state index contributed by atoms with van der Waals surface area (Å²) in [5, 5.41) is 0. The van der Waals surface area contributed by atoms with Crippen LogP contribution in [0.2, 0.25) is 0 Å². The Morgan fingerprint density at radius 2 is 2.30 bits per heavy atom. The minimum absolute atomic E-state index is 0.590. The summed E-state index contributed by atoms with van der Waals surface area (Å²) in [5.41, 5.74) is 0. The van der Waals surface area contributed by atoms with Crippen molar-refractivity contribution in [3.05, 3.63) is 0 Å². The van der Waals surface area contributed by atoms with E-state index in [1.165, 1.54) is 19.3 Å². The van der Waals surface area contributed by atoms with Crippen LogP contribution in [0.4, 0.5) is 0 Å². The lowest BCUT2D eigenvalue weighted by Gasteiger charge is -2.38. The van der Waals surface area contributed by atoms with Gasteiger partial charge in [0.25, 0.3) is 0 Å². The molecule has 0 spiro atoms. The Balaban J connectivity index is 2.21. The Hall–Kier alpha value is -0.480. The molecule has 2 rings (SSSR count). The van der Waals surface area contributed by atoms with Gasteiger partial charge in [-0.25, -0.2) is 0 Å². The van der Waals surface area contributed by atoms with Gasteiger partial charge < -0.3 is 0 Å². The van der Waals surface area contributed by atoms with Crippen molar-refractivity contribution in [2.24, 2.45) is 0 Å². The van der Waals surface area contributed by atoms with Crippen molar-refractivity contribution in [1.29, 1.82) is 0 Å². The zero-order valence-electron chi connectivity index (χ0n) is 6.43. The summed E-state index contributed by atoms with van der Waals surface area (Å²) in [7, 11) is 2.21. The van der Waals surface area contributed by atoms with Gasteiger partial charge in [-0.15, -0.1) is 0 Å². The fraction of sp³-hybridized carbons (Fsp3) is 0.778. The monoisotopic (exact) mass is 135 g/mol. The quantitative estimate of drug-likeness (QED) is 0.452. The van der Waals surface area contributed by atoms with Gasteiger partial charge >= 0.3 is 0 Å². The third-order valence-corrected chi connectivity index (χ3v) is 2.69. The van der Waals surface area contributed by atoms with E-state index < -0.39 is 0 Å². The second-order valence-electron chi connectivity index (χ2n) is 3.29. The minimum atomic E-state index is 0.590. The fourth-order valence-corrected chi connectivity index (χ4v) is 1.92. The molecule has 0 aromatic carbocycles. The van der Waals surface area contributed by atoms with E-state index in [1.807, 2.05) is 0 Å². The summed E-state index contributed by atoms with van der Waals surface area (Å²) in [6, 6.07) is 1.37. The highest BCUT2D eigenvalue weighted by Crippen LogP contribution is 2.24. The van der Waals surface area contributed by atoms with Crippen LogP contribution in [0.1, 0.15) is 25.7 Å². The Kier molecular flexibility index (Phi) is 1.43. The molecule has 1 nitrogen and oxygen atoms in total. The maximum absolute atomic E-state index is 3.28. The van der Waals surface area contributed by atoms with E-state index >= 15 is 0 Å². The van der Waals surface area contributed by atoms with E-state index in [4.69, 9.17) is 0 Å². The van der Waals surface area contributed by atoms with E-state index in [0.717, 1.165) is 12.5 Å². The SMILES string of the molecule is CN1C2C#CCC1CCC2. The van der Waals surface area contributed by atoms with E-state index in [1.54, 1.807) is 0 Å². The molecule has 54 valence electrons. The predicted octanol–water partition coefficient (Wildman–Crippen LogP) is 1.25. The van der Waals surface area contributed by atoms with Crippen molar-refractivity contribution < 1.29 is 0 Å². The molecule has 0 saturated carbocycles. The van der Waals surface area contributed by atoms with Gasteiger partial charge in [-0.2, -0.15) is 0 Å². The highest BCUT2D eigenvalue weighted by molar-refractivity contribution is 5.15.